The van der Waals surface area contributed by atoms with Crippen LogP contribution in [0.2, 0.25) is 0 Å². The van der Waals surface area contributed by atoms with Crippen LogP contribution in [0.25, 0.3) is 0 Å². The lowest BCUT2D eigenvalue weighted by Gasteiger charge is -2.14. The number of hydrogen-bond donors (Lipinski definition) is 1. The van der Waals surface area contributed by atoms with Gasteiger partial charge < -0.3 is 9.84 Å². The molecular formula is C21H26N2O2. The quantitative estimate of drug-likeness (QED) is 0.780. The van der Waals surface area contributed by atoms with Gasteiger partial charge >= 0.3 is 0 Å². The third-order valence-electron chi connectivity index (χ3n) is 4.40. The van der Waals surface area contributed by atoms with Crippen LogP contribution in [0.1, 0.15) is 30.9 Å². The molecule has 1 fully saturated rings. The van der Waals surface area contributed by atoms with E-state index < -0.39 is 0 Å². The molecule has 1 N–H and O–H groups in total. The first-order valence-electron chi connectivity index (χ1n) is 9.00. The van der Waals surface area contributed by atoms with Crippen molar-refractivity contribution in [2.24, 2.45) is 4.99 Å². The van der Waals surface area contributed by atoms with Crippen LogP contribution in [0, 0.1) is 0 Å². The van der Waals surface area contributed by atoms with Gasteiger partial charge in [0.05, 0.1) is 12.6 Å². The number of ether oxygens (including phenoxy) is 1. The summed E-state index contributed by atoms with van der Waals surface area (Å²) in [4.78, 5) is 7.10. The first-order chi connectivity index (χ1) is 12.2. The van der Waals surface area contributed by atoms with Crippen molar-refractivity contribution in [1.82, 2.24) is 4.90 Å². The van der Waals surface area contributed by atoms with E-state index in [1.165, 1.54) is 5.56 Å². The van der Waals surface area contributed by atoms with Gasteiger partial charge in [-0.15, -0.1) is 0 Å². The number of hydrogen-bond acceptors (Lipinski definition) is 4. The second kappa shape index (κ2) is 8.67. The lowest BCUT2D eigenvalue weighted by Crippen LogP contribution is -2.21. The first-order valence-corrected chi connectivity index (χ1v) is 9.00. The third-order valence-corrected chi connectivity index (χ3v) is 4.40. The summed E-state index contributed by atoms with van der Waals surface area (Å²) in [5.41, 5.74) is 2.08. The summed E-state index contributed by atoms with van der Waals surface area (Å²) in [6.07, 6.45) is 3.79. The van der Waals surface area contributed by atoms with E-state index in [0.717, 1.165) is 38.0 Å². The highest BCUT2D eigenvalue weighted by Gasteiger charge is 2.21. The summed E-state index contributed by atoms with van der Waals surface area (Å²) in [5.74, 6) is 0.919. The number of nitrogens with zero attached hydrogens (tertiary/aromatic N) is 2. The largest absolute Gasteiger partial charge is 0.507 e. The van der Waals surface area contributed by atoms with Gasteiger partial charge in [-0.2, -0.15) is 0 Å². The van der Waals surface area contributed by atoms with Gasteiger partial charge in [0.2, 0.25) is 0 Å². The van der Waals surface area contributed by atoms with Gasteiger partial charge in [0.1, 0.15) is 11.5 Å². The molecule has 4 nitrogen and oxygen atoms in total. The number of phenols is 1. The average molecular weight is 338 g/mol. The Kier molecular flexibility index (Phi) is 6.07. The van der Waals surface area contributed by atoms with Crippen LogP contribution < -0.4 is 4.74 Å². The topological polar surface area (TPSA) is 45.1 Å². The molecule has 0 aromatic heterocycles. The summed E-state index contributed by atoms with van der Waals surface area (Å²) >= 11 is 0. The smallest absolute Gasteiger partial charge is 0.128 e. The van der Waals surface area contributed by atoms with E-state index in [9.17, 15) is 5.11 Å². The molecule has 1 heterocycles. The van der Waals surface area contributed by atoms with Gasteiger partial charge in [-0.25, -0.2) is 0 Å². The van der Waals surface area contributed by atoms with Crippen LogP contribution in [0.5, 0.6) is 11.5 Å². The SMILES string of the molecule is CCCOc1ccc(C=N[C@H]2CCN(Cc3ccccc3)C2)c(O)c1. The van der Waals surface area contributed by atoms with Gasteiger partial charge in [-0.1, -0.05) is 37.3 Å². The molecule has 0 bridgehead atoms. The molecule has 1 aliphatic heterocycles. The van der Waals surface area contributed by atoms with Crippen molar-refractivity contribution in [3.05, 3.63) is 59.7 Å². The van der Waals surface area contributed by atoms with E-state index in [4.69, 9.17) is 4.74 Å². The molecule has 2 aromatic rings. The normalized spacial score (nSPS) is 18.0. The van der Waals surface area contributed by atoms with Crippen LogP contribution in [0.4, 0.5) is 0 Å². The maximum Gasteiger partial charge on any atom is 0.128 e. The Morgan fingerprint density at radius 1 is 1.24 bits per heavy atom. The number of likely N-dealkylation sites (tertiary alicyclic amines) is 1. The van der Waals surface area contributed by atoms with Crippen molar-refractivity contribution in [3.63, 3.8) is 0 Å². The first kappa shape index (κ1) is 17.5. The summed E-state index contributed by atoms with van der Waals surface area (Å²) in [5, 5.41) is 10.1. The maximum atomic E-state index is 10.1. The highest BCUT2D eigenvalue weighted by atomic mass is 16.5. The Bertz CT molecular complexity index is 700. The van der Waals surface area contributed by atoms with E-state index >= 15 is 0 Å². The molecular weight excluding hydrogens is 312 g/mol. The molecule has 3 rings (SSSR count). The van der Waals surface area contributed by atoms with Gasteiger partial charge in [-0.05, 0) is 30.5 Å². The Balaban J connectivity index is 1.54. The second-order valence-electron chi connectivity index (χ2n) is 6.51. The molecule has 0 amide bonds. The fraction of sp³-hybridized carbons (Fsp3) is 0.381. The zero-order valence-corrected chi connectivity index (χ0v) is 14.8. The predicted molar refractivity (Wildman–Crippen MR) is 102 cm³/mol. The predicted octanol–water partition coefficient (Wildman–Crippen LogP) is 3.87. The standard InChI is InChI=1S/C21H26N2O2/c1-2-12-25-20-9-8-18(21(24)13-20)14-22-19-10-11-23(16-19)15-17-6-4-3-5-7-17/h3-9,13-14,19,24H,2,10-12,15-16H2,1H3/t19-/m0/s1. The molecule has 1 atom stereocenters. The third kappa shape index (κ3) is 5.07. The van der Waals surface area contributed by atoms with Crippen LogP contribution in [-0.2, 0) is 6.54 Å². The number of aliphatic imine (C=N–C) groups is 1. The van der Waals surface area contributed by atoms with E-state index in [0.29, 0.717) is 18.4 Å². The molecule has 0 aliphatic carbocycles. The van der Waals surface area contributed by atoms with Gasteiger partial charge in [0, 0.05) is 37.5 Å². The summed E-state index contributed by atoms with van der Waals surface area (Å²) in [6, 6.07) is 16.2. The Morgan fingerprint density at radius 3 is 2.84 bits per heavy atom. The molecule has 25 heavy (non-hydrogen) atoms. The van der Waals surface area contributed by atoms with Crippen LogP contribution in [-0.4, -0.2) is 42.0 Å². The zero-order chi connectivity index (χ0) is 17.5. The van der Waals surface area contributed by atoms with E-state index in [2.05, 4.69) is 41.1 Å². The van der Waals surface area contributed by atoms with Crippen molar-refractivity contribution in [3.8, 4) is 11.5 Å². The van der Waals surface area contributed by atoms with E-state index in [1.807, 2.05) is 18.2 Å². The van der Waals surface area contributed by atoms with Crippen LogP contribution in [0.3, 0.4) is 0 Å². The van der Waals surface area contributed by atoms with Gasteiger partial charge in [-0.3, -0.25) is 9.89 Å². The molecule has 0 saturated carbocycles. The van der Waals surface area contributed by atoms with Crippen LogP contribution >= 0.6 is 0 Å². The number of benzene rings is 2. The monoisotopic (exact) mass is 338 g/mol. The van der Waals surface area contributed by atoms with E-state index in [-0.39, 0.29) is 5.75 Å². The molecule has 2 aromatic carbocycles. The van der Waals surface area contributed by atoms with Crippen molar-refractivity contribution in [2.75, 3.05) is 19.7 Å². The van der Waals surface area contributed by atoms with Crippen LogP contribution in [0.15, 0.2) is 53.5 Å². The molecule has 0 spiro atoms. The summed E-state index contributed by atoms with van der Waals surface area (Å²) < 4.78 is 5.53. The minimum atomic E-state index is 0.219. The van der Waals surface area contributed by atoms with Crippen molar-refractivity contribution in [1.29, 1.82) is 0 Å². The molecule has 132 valence electrons. The Labute approximate surface area is 149 Å². The minimum absolute atomic E-state index is 0.219. The van der Waals surface area contributed by atoms with Crippen molar-refractivity contribution < 1.29 is 9.84 Å². The average Bonchev–Trinajstić information content (AvgIpc) is 3.07. The lowest BCUT2D eigenvalue weighted by atomic mass is 10.2. The summed E-state index contributed by atoms with van der Waals surface area (Å²) in [7, 11) is 0. The van der Waals surface area contributed by atoms with Crippen molar-refractivity contribution >= 4 is 6.21 Å². The number of rotatable bonds is 7. The zero-order valence-electron chi connectivity index (χ0n) is 14.8. The number of phenolic OH excluding ortho intramolecular Hbond substituents is 1. The fourth-order valence-corrected chi connectivity index (χ4v) is 3.05. The molecule has 0 radical (unpaired) electrons. The minimum Gasteiger partial charge on any atom is -0.507 e. The summed E-state index contributed by atoms with van der Waals surface area (Å²) in [6.45, 7) is 5.72. The highest BCUT2D eigenvalue weighted by Crippen LogP contribution is 2.23. The highest BCUT2D eigenvalue weighted by molar-refractivity contribution is 5.83. The molecule has 4 heteroatoms. The molecule has 0 unspecified atom stereocenters. The maximum absolute atomic E-state index is 10.1. The molecule has 1 aliphatic rings. The lowest BCUT2D eigenvalue weighted by molar-refractivity contribution is 0.315. The number of aromatic hydroxyl groups is 1. The molecule has 1 saturated heterocycles. The van der Waals surface area contributed by atoms with Gasteiger partial charge in [0.15, 0.2) is 0 Å². The van der Waals surface area contributed by atoms with Gasteiger partial charge in [0.25, 0.3) is 0 Å². The van der Waals surface area contributed by atoms with Crippen molar-refractivity contribution in [2.45, 2.75) is 32.4 Å². The Morgan fingerprint density at radius 2 is 2.08 bits per heavy atom. The van der Waals surface area contributed by atoms with E-state index in [1.54, 1.807) is 12.3 Å². The Hall–Kier alpha value is -2.33. The second-order valence-corrected chi connectivity index (χ2v) is 6.51. The fourth-order valence-electron chi connectivity index (χ4n) is 3.05.